The number of fused-ring (bicyclic) bond motifs is 1. The first-order valence-corrected chi connectivity index (χ1v) is 9.80. The second kappa shape index (κ2) is 8.68. The molecular weight excluding hydrogens is 370 g/mol. The van der Waals surface area contributed by atoms with E-state index in [1.807, 2.05) is 37.3 Å². The van der Waals surface area contributed by atoms with Crippen LogP contribution in [0.4, 0.5) is 0 Å². The van der Waals surface area contributed by atoms with Gasteiger partial charge in [0.25, 0.3) is 0 Å². The van der Waals surface area contributed by atoms with Crippen molar-refractivity contribution in [2.45, 2.75) is 6.92 Å². The highest BCUT2D eigenvalue weighted by Crippen LogP contribution is 2.27. The standard InChI is InChI=1S/C23H25NO5/c1-16-22(17-3-5-18(26-2)6-4-17)23(25)20-8-7-19(15-21(20)29-16)28-14-11-24-9-12-27-13-10-24/h3-8,15H,9-14H2,1-2H3. The van der Waals surface area contributed by atoms with Crippen LogP contribution in [0.5, 0.6) is 11.5 Å². The van der Waals surface area contributed by atoms with Gasteiger partial charge in [0.05, 0.1) is 31.3 Å². The van der Waals surface area contributed by atoms with Gasteiger partial charge in [-0.25, -0.2) is 0 Å². The van der Waals surface area contributed by atoms with Crippen LogP contribution in [0, 0.1) is 6.92 Å². The molecule has 1 saturated heterocycles. The quantitative estimate of drug-likeness (QED) is 0.637. The van der Waals surface area contributed by atoms with E-state index in [0.717, 1.165) is 44.2 Å². The molecule has 0 radical (unpaired) electrons. The van der Waals surface area contributed by atoms with Crippen LogP contribution in [0.25, 0.3) is 22.1 Å². The Morgan fingerprint density at radius 3 is 2.48 bits per heavy atom. The number of ether oxygens (including phenoxy) is 3. The lowest BCUT2D eigenvalue weighted by molar-refractivity contribution is 0.0322. The van der Waals surface area contributed by atoms with Crippen LogP contribution in [0.15, 0.2) is 51.7 Å². The summed E-state index contributed by atoms with van der Waals surface area (Å²) in [6.45, 7) is 6.66. The fourth-order valence-corrected chi connectivity index (χ4v) is 3.58. The second-order valence-electron chi connectivity index (χ2n) is 7.05. The molecule has 6 nitrogen and oxygen atoms in total. The fraction of sp³-hybridized carbons (Fsp3) is 0.348. The molecule has 2 heterocycles. The van der Waals surface area contributed by atoms with Gasteiger partial charge in [0.2, 0.25) is 5.43 Å². The van der Waals surface area contributed by atoms with Crippen molar-refractivity contribution in [2.75, 3.05) is 46.6 Å². The van der Waals surface area contributed by atoms with E-state index >= 15 is 0 Å². The number of morpholine rings is 1. The molecule has 2 aromatic carbocycles. The monoisotopic (exact) mass is 395 g/mol. The average Bonchev–Trinajstić information content (AvgIpc) is 2.75. The zero-order valence-corrected chi connectivity index (χ0v) is 16.8. The lowest BCUT2D eigenvalue weighted by atomic mass is 10.0. The van der Waals surface area contributed by atoms with Gasteiger partial charge in [0.15, 0.2) is 0 Å². The maximum atomic E-state index is 13.1. The molecule has 0 atom stereocenters. The van der Waals surface area contributed by atoms with Crippen LogP contribution in [-0.2, 0) is 4.74 Å². The van der Waals surface area contributed by atoms with E-state index < -0.39 is 0 Å². The maximum Gasteiger partial charge on any atom is 0.200 e. The van der Waals surface area contributed by atoms with Gasteiger partial charge in [0, 0.05) is 25.7 Å². The van der Waals surface area contributed by atoms with Gasteiger partial charge in [-0.1, -0.05) is 12.1 Å². The molecular formula is C23H25NO5. The summed E-state index contributed by atoms with van der Waals surface area (Å²) in [7, 11) is 1.62. The zero-order chi connectivity index (χ0) is 20.2. The van der Waals surface area contributed by atoms with Crippen molar-refractivity contribution in [1.29, 1.82) is 0 Å². The summed E-state index contributed by atoms with van der Waals surface area (Å²) in [4.78, 5) is 15.4. The van der Waals surface area contributed by atoms with Crippen LogP contribution < -0.4 is 14.9 Å². The smallest absolute Gasteiger partial charge is 0.200 e. The average molecular weight is 395 g/mol. The first-order chi connectivity index (χ1) is 14.2. The normalized spacial score (nSPS) is 14.8. The fourth-order valence-electron chi connectivity index (χ4n) is 3.58. The Balaban J connectivity index is 1.55. The van der Waals surface area contributed by atoms with Gasteiger partial charge in [-0.15, -0.1) is 0 Å². The largest absolute Gasteiger partial charge is 0.497 e. The number of hydrogen-bond acceptors (Lipinski definition) is 6. The van der Waals surface area contributed by atoms with Crippen molar-refractivity contribution in [1.82, 2.24) is 4.90 Å². The highest BCUT2D eigenvalue weighted by molar-refractivity contribution is 5.83. The number of rotatable bonds is 6. The molecule has 0 spiro atoms. The van der Waals surface area contributed by atoms with E-state index in [-0.39, 0.29) is 5.43 Å². The minimum absolute atomic E-state index is 0.0474. The molecule has 0 aliphatic carbocycles. The molecule has 0 N–H and O–H groups in total. The van der Waals surface area contributed by atoms with Crippen LogP contribution in [0.1, 0.15) is 5.76 Å². The third kappa shape index (κ3) is 4.28. The Morgan fingerprint density at radius 2 is 1.76 bits per heavy atom. The number of benzene rings is 2. The van der Waals surface area contributed by atoms with E-state index in [2.05, 4.69) is 4.90 Å². The van der Waals surface area contributed by atoms with Crippen molar-refractivity contribution >= 4 is 11.0 Å². The summed E-state index contributed by atoms with van der Waals surface area (Å²) in [5.41, 5.74) is 1.87. The minimum Gasteiger partial charge on any atom is -0.497 e. The molecule has 152 valence electrons. The highest BCUT2D eigenvalue weighted by atomic mass is 16.5. The second-order valence-corrected chi connectivity index (χ2v) is 7.05. The van der Waals surface area contributed by atoms with Gasteiger partial charge in [-0.3, -0.25) is 9.69 Å². The predicted octanol–water partition coefficient (Wildman–Crippen LogP) is 3.49. The Kier molecular flexibility index (Phi) is 5.83. The highest BCUT2D eigenvalue weighted by Gasteiger charge is 2.15. The van der Waals surface area contributed by atoms with Crippen LogP contribution in [0.2, 0.25) is 0 Å². The Morgan fingerprint density at radius 1 is 1.03 bits per heavy atom. The first-order valence-electron chi connectivity index (χ1n) is 9.80. The molecule has 0 unspecified atom stereocenters. The molecule has 0 amide bonds. The Bertz CT molecular complexity index is 1040. The summed E-state index contributed by atoms with van der Waals surface area (Å²) in [6, 6.07) is 12.8. The lowest BCUT2D eigenvalue weighted by Crippen LogP contribution is -2.38. The topological polar surface area (TPSA) is 61.1 Å². The summed E-state index contributed by atoms with van der Waals surface area (Å²) < 4.78 is 22.4. The Hall–Kier alpha value is -2.83. The van der Waals surface area contributed by atoms with Crippen LogP contribution in [-0.4, -0.2) is 51.5 Å². The van der Waals surface area contributed by atoms with E-state index in [1.54, 1.807) is 19.2 Å². The van der Waals surface area contributed by atoms with Gasteiger partial charge < -0.3 is 18.6 Å². The van der Waals surface area contributed by atoms with Crippen molar-refractivity contribution in [3.8, 4) is 22.6 Å². The number of aryl methyl sites for hydroxylation is 1. The first kappa shape index (κ1) is 19.5. The summed E-state index contributed by atoms with van der Waals surface area (Å²) in [6.07, 6.45) is 0. The van der Waals surface area contributed by atoms with E-state index in [1.165, 1.54) is 0 Å². The Labute approximate surface area is 169 Å². The molecule has 3 aromatic rings. The molecule has 1 aromatic heterocycles. The molecule has 6 heteroatoms. The summed E-state index contributed by atoms with van der Waals surface area (Å²) in [5.74, 6) is 2.03. The number of nitrogens with zero attached hydrogens (tertiary/aromatic N) is 1. The van der Waals surface area contributed by atoms with Gasteiger partial charge in [-0.2, -0.15) is 0 Å². The number of methoxy groups -OCH3 is 1. The van der Waals surface area contributed by atoms with Crippen molar-refractivity contribution in [3.05, 3.63) is 58.4 Å². The molecule has 0 bridgehead atoms. The molecule has 1 fully saturated rings. The lowest BCUT2D eigenvalue weighted by Gasteiger charge is -2.26. The van der Waals surface area contributed by atoms with Crippen LogP contribution in [0.3, 0.4) is 0 Å². The SMILES string of the molecule is COc1ccc(-c2c(C)oc3cc(OCCN4CCOCC4)ccc3c2=O)cc1. The summed E-state index contributed by atoms with van der Waals surface area (Å²) >= 11 is 0. The van der Waals surface area contributed by atoms with Gasteiger partial charge in [0.1, 0.15) is 29.4 Å². The molecule has 0 saturated carbocycles. The molecule has 1 aliphatic heterocycles. The van der Waals surface area contributed by atoms with Crippen LogP contribution >= 0.6 is 0 Å². The minimum atomic E-state index is -0.0474. The summed E-state index contributed by atoms with van der Waals surface area (Å²) in [5, 5.41) is 0.543. The van der Waals surface area contributed by atoms with E-state index in [9.17, 15) is 4.79 Å². The van der Waals surface area contributed by atoms with E-state index in [0.29, 0.717) is 34.6 Å². The molecule has 29 heavy (non-hydrogen) atoms. The molecule has 4 rings (SSSR count). The van der Waals surface area contributed by atoms with E-state index in [4.69, 9.17) is 18.6 Å². The predicted molar refractivity (Wildman–Crippen MR) is 112 cm³/mol. The third-order valence-electron chi connectivity index (χ3n) is 5.20. The van der Waals surface area contributed by atoms with Gasteiger partial charge >= 0.3 is 0 Å². The molecule has 1 aliphatic rings. The maximum absolute atomic E-state index is 13.1. The van der Waals surface area contributed by atoms with Crippen molar-refractivity contribution < 1.29 is 18.6 Å². The zero-order valence-electron chi connectivity index (χ0n) is 16.8. The van der Waals surface area contributed by atoms with Gasteiger partial charge in [-0.05, 0) is 36.8 Å². The van der Waals surface area contributed by atoms with Crippen molar-refractivity contribution in [2.24, 2.45) is 0 Å². The number of hydrogen-bond donors (Lipinski definition) is 0. The van der Waals surface area contributed by atoms with Crippen molar-refractivity contribution in [3.63, 3.8) is 0 Å². The third-order valence-corrected chi connectivity index (χ3v) is 5.20.